The maximum Gasteiger partial charge on any atom is 0.408 e. The van der Waals surface area contributed by atoms with E-state index in [1.807, 2.05) is 16.7 Å². The average Bonchev–Trinajstić information content (AvgIpc) is 3.27. The van der Waals surface area contributed by atoms with Gasteiger partial charge in [-0.05, 0) is 57.4 Å². The Hall–Kier alpha value is -3.49. The van der Waals surface area contributed by atoms with Crippen LogP contribution in [0.15, 0.2) is 48.9 Å². The number of nitrogens with zero attached hydrogens (tertiary/aromatic N) is 4. The highest BCUT2D eigenvalue weighted by Crippen LogP contribution is 2.27. The monoisotopic (exact) mass is 467 g/mol. The van der Waals surface area contributed by atoms with Gasteiger partial charge in [-0.2, -0.15) is 0 Å². The summed E-state index contributed by atoms with van der Waals surface area (Å²) < 4.78 is 20.7. The first-order chi connectivity index (χ1) is 16.2. The Kier molecular flexibility index (Phi) is 6.81. The molecule has 0 spiro atoms. The molecule has 8 nitrogen and oxygen atoms in total. The van der Waals surface area contributed by atoms with Crippen molar-refractivity contribution in [2.24, 2.45) is 0 Å². The highest BCUT2D eigenvalue weighted by atomic mass is 19.1. The van der Waals surface area contributed by atoms with Crippen LogP contribution in [0.25, 0.3) is 5.78 Å². The van der Waals surface area contributed by atoms with Crippen molar-refractivity contribution in [2.45, 2.75) is 57.6 Å². The van der Waals surface area contributed by atoms with Gasteiger partial charge in [0, 0.05) is 49.7 Å². The average molecular weight is 468 g/mol. The number of fused-ring (bicyclic) bond motifs is 1. The number of amides is 2. The summed E-state index contributed by atoms with van der Waals surface area (Å²) in [7, 11) is 0. The Morgan fingerprint density at radius 2 is 1.91 bits per heavy atom. The third-order valence-corrected chi connectivity index (χ3v) is 5.83. The van der Waals surface area contributed by atoms with Gasteiger partial charge in [0.2, 0.25) is 11.7 Å². The highest BCUT2D eigenvalue weighted by molar-refractivity contribution is 5.86. The lowest BCUT2D eigenvalue weighted by atomic mass is 9.93. The van der Waals surface area contributed by atoms with Crippen molar-refractivity contribution in [2.75, 3.05) is 13.1 Å². The van der Waals surface area contributed by atoms with Gasteiger partial charge in [-0.15, -0.1) is 0 Å². The van der Waals surface area contributed by atoms with Crippen LogP contribution in [0.4, 0.5) is 9.18 Å². The number of halogens is 1. The number of imidazole rings is 1. The lowest BCUT2D eigenvalue weighted by Gasteiger charge is -2.35. The zero-order valence-corrected chi connectivity index (χ0v) is 19.7. The summed E-state index contributed by atoms with van der Waals surface area (Å²) in [4.78, 5) is 36.5. The number of hydrogen-bond acceptors (Lipinski definition) is 5. The molecule has 2 aromatic heterocycles. The molecule has 1 saturated heterocycles. The Bertz CT molecular complexity index is 1160. The lowest BCUT2D eigenvalue weighted by Crippen LogP contribution is -2.52. The first-order valence-electron chi connectivity index (χ1n) is 11.5. The molecule has 1 aromatic carbocycles. The highest BCUT2D eigenvalue weighted by Gasteiger charge is 2.32. The van der Waals surface area contributed by atoms with Crippen molar-refractivity contribution in [1.29, 1.82) is 0 Å². The minimum atomic E-state index is -0.829. The minimum Gasteiger partial charge on any atom is -0.444 e. The maximum atomic E-state index is 13.6. The first kappa shape index (κ1) is 23.7. The van der Waals surface area contributed by atoms with Gasteiger partial charge in [-0.3, -0.25) is 9.20 Å². The normalized spacial score (nSPS) is 17.4. The van der Waals surface area contributed by atoms with Crippen LogP contribution in [0.5, 0.6) is 0 Å². The molecule has 0 saturated carbocycles. The number of rotatable bonds is 5. The molecule has 0 aliphatic carbocycles. The van der Waals surface area contributed by atoms with E-state index < -0.39 is 17.7 Å². The summed E-state index contributed by atoms with van der Waals surface area (Å²) in [5.41, 5.74) is 1.11. The molecule has 1 aliphatic rings. The topological polar surface area (TPSA) is 88.8 Å². The fraction of sp³-hybridized carbons (Fsp3) is 0.440. The van der Waals surface area contributed by atoms with Crippen LogP contribution < -0.4 is 5.32 Å². The molecule has 3 aromatic rings. The van der Waals surface area contributed by atoms with Gasteiger partial charge in [0.1, 0.15) is 17.5 Å². The SMILES string of the molecule is CC(C)(C)OC(=O)N[C@H](Cc1ccc(F)cc1)C(=O)N1CCC[C@@H](c2ccnc3nccn23)C1. The predicted octanol–water partition coefficient (Wildman–Crippen LogP) is 3.71. The maximum absolute atomic E-state index is 13.6. The van der Waals surface area contributed by atoms with Crippen LogP contribution in [0.3, 0.4) is 0 Å². The van der Waals surface area contributed by atoms with Gasteiger partial charge in [-0.1, -0.05) is 12.1 Å². The fourth-order valence-electron chi connectivity index (χ4n) is 4.33. The molecule has 1 fully saturated rings. The standard InChI is InChI=1S/C25H30FN5O3/c1-25(2,3)34-24(33)29-20(15-17-6-8-19(26)9-7-17)22(32)30-13-4-5-18(16-30)21-10-11-27-23-28-12-14-31(21)23/h6-12,14,18,20H,4-5,13,15-16H2,1-3H3,(H,29,33)/t18-,20-/m1/s1. The van der Waals surface area contributed by atoms with Gasteiger partial charge in [0.05, 0.1) is 0 Å². The molecular formula is C25H30FN5O3. The number of aromatic nitrogens is 3. The van der Waals surface area contributed by atoms with E-state index in [1.54, 1.807) is 50.2 Å². The van der Waals surface area contributed by atoms with Gasteiger partial charge < -0.3 is 15.0 Å². The number of alkyl carbamates (subject to hydrolysis) is 1. The first-order valence-corrected chi connectivity index (χ1v) is 11.5. The van der Waals surface area contributed by atoms with Crippen LogP contribution in [-0.2, 0) is 16.0 Å². The van der Waals surface area contributed by atoms with Crippen molar-refractivity contribution in [3.8, 4) is 0 Å². The van der Waals surface area contributed by atoms with Crippen molar-refractivity contribution in [3.63, 3.8) is 0 Å². The molecule has 2 amide bonds. The van der Waals surface area contributed by atoms with Crippen molar-refractivity contribution in [3.05, 3.63) is 66.0 Å². The molecule has 4 rings (SSSR count). The summed E-state index contributed by atoms with van der Waals surface area (Å²) in [5, 5.41) is 2.74. The zero-order chi connectivity index (χ0) is 24.3. The predicted molar refractivity (Wildman–Crippen MR) is 125 cm³/mol. The van der Waals surface area contributed by atoms with Crippen molar-refractivity contribution < 1.29 is 18.7 Å². The van der Waals surface area contributed by atoms with E-state index in [9.17, 15) is 14.0 Å². The van der Waals surface area contributed by atoms with Crippen molar-refractivity contribution >= 4 is 17.8 Å². The third-order valence-electron chi connectivity index (χ3n) is 5.83. The second-order valence-electron chi connectivity index (χ2n) is 9.62. The molecule has 0 radical (unpaired) electrons. The molecule has 2 atom stereocenters. The van der Waals surface area contributed by atoms with Crippen LogP contribution in [0, 0.1) is 5.82 Å². The van der Waals surface area contributed by atoms with Crippen LogP contribution >= 0.6 is 0 Å². The van der Waals surface area contributed by atoms with Crippen LogP contribution in [-0.4, -0.2) is 56.0 Å². The summed E-state index contributed by atoms with van der Waals surface area (Å²) in [6.07, 6.45) is 6.67. The second-order valence-corrected chi connectivity index (χ2v) is 9.62. The smallest absolute Gasteiger partial charge is 0.408 e. The molecule has 34 heavy (non-hydrogen) atoms. The largest absolute Gasteiger partial charge is 0.444 e. The van der Waals surface area contributed by atoms with Gasteiger partial charge in [0.25, 0.3) is 0 Å². The Labute approximate surface area is 198 Å². The number of piperidine rings is 1. The molecule has 180 valence electrons. The minimum absolute atomic E-state index is 0.116. The molecule has 0 unspecified atom stereocenters. The summed E-state index contributed by atoms with van der Waals surface area (Å²) >= 11 is 0. The number of hydrogen-bond donors (Lipinski definition) is 1. The van der Waals surface area contributed by atoms with E-state index >= 15 is 0 Å². The molecule has 0 bridgehead atoms. The molecular weight excluding hydrogens is 437 g/mol. The second kappa shape index (κ2) is 9.79. The van der Waals surface area contributed by atoms with Gasteiger partial charge >= 0.3 is 6.09 Å². The Morgan fingerprint density at radius 1 is 1.18 bits per heavy atom. The number of ether oxygens (including phenoxy) is 1. The van der Waals surface area contributed by atoms with E-state index in [-0.39, 0.29) is 24.1 Å². The van der Waals surface area contributed by atoms with E-state index in [1.165, 1.54) is 12.1 Å². The van der Waals surface area contributed by atoms with E-state index in [4.69, 9.17) is 4.74 Å². The van der Waals surface area contributed by atoms with Gasteiger partial charge in [-0.25, -0.2) is 19.2 Å². The third kappa shape index (κ3) is 5.70. The molecule has 1 N–H and O–H groups in total. The number of nitrogens with one attached hydrogen (secondary N) is 1. The van der Waals surface area contributed by atoms with Crippen LogP contribution in [0.1, 0.15) is 50.8 Å². The van der Waals surface area contributed by atoms with E-state index in [2.05, 4.69) is 15.3 Å². The zero-order valence-electron chi connectivity index (χ0n) is 19.7. The summed E-state index contributed by atoms with van der Waals surface area (Å²) in [5.74, 6) is 0.205. The lowest BCUT2D eigenvalue weighted by molar-refractivity contribution is -0.134. The molecule has 1 aliphatic heterocycles. The summed E-state index contributed by atoms with van der Waals surface area (Å²) in [6.45, 7) is 6.42. The summed E-state index contributed by atoms with van der Waals surface area (Å²) in [6, 6.07) is 7.07. The Morgan fingerprint density at radius 3 is 2.65 bits per heavy atom. The molecule has 3 heterocycles. The van der Waals surface area contributed by atoms with Crippen molar-refractivity contribution in [1.82, 2.24) is 24.6 Å². The number of likely N-dealkylation sites (tertiary alicyclic amines) is 1. The number of carbonyl (C=O) groups excluding carboxylic acids is 2. The quantitative estimate of drug-likeness (QED) is 0.618. The van der Waals surface area contributed by atoms with Gasteiger partial charge in [0.15, 0.2) is 0 Å². The van der Waals surface area contributed by atoms with Crippen LogP contribution in [0.2, 0.25) is 0 Å². The number of carbonyl (C=O) groups is 2. The Balaban J connectivity index is 1.53. The van der Waals surface area contributed by atoms with E-state index in [0.29, 0.717) is 18.9 Å². The molecule has 9 heteroatoms. The fourth-order valence-corrected chi connectivity index (χ4v) is 4.33. The van der Waals surface area contributed by atoms with E-state index in [0.717, 1.165) is 24.1 Å². The number of benzene rings is 1.